The normalized spacial score (nSPS) is 11.4. The Morgan fingerprint density at radius 2 is 1.89 bits per heavy atom. The Morgan fingerprint density at radius 3 is 2.58 bits per heavy atom. The second kappa shape index (κ2) is 10.8. The number of carbonyl (C=O) groups excluding carboxylic acids is 2. The summed E-state index contributed by atoms with van der Waals surface area (Å²) in [5.74, 6) is -1.08. The molecule has 2 heterocycles. The summed E-state index contributed by atoms with van der Waals surface area (Å²) in [6.07, 6.45) is 3.50. The quantitative estimate of drug-likeness (QED) is 0.167. The third-order valence-electron chi connectivity index (χ3n) is 5.84. The van der Waals surface area contributed by atoms with E-state index in [9.17, 15) is 14.9 Å². The Labute approximate surface area is 218 Å². The van der Waals surface area contributed by atoms with E-state index in [0.29, 0.717) is 22.1 Å². The SMILES string of the molecule is CCOC(=O)c1c(NC(=O)/C(C#N)=C/c2cn(Cc3ccc(Cl)cc3)c3ccccc23)sc(C)c1C. The van der Waals surface area contributed by atoms with E-state index in [1.165, 1.54) is 11.3 Å². The zero-order valence-corrected chi connectivity index (χ0v) is 21.7. The van der Waals surface area contributed by atoms with Crippen molar-refractivity contribution in [1.29, 1.82) is 5.26 Å². The number of aromatic nitrogens is 1. The summed E-state index contributed by atoms with van der Waals surface area (Å²) < 4.78 is 7.23. The first-order valence-electron chi connectivity index (χ1n) is 11.3. The van der Waals surface area contributed by atoms with Gasteiger partial charge in [-0.3, -0.25) is 4.79 Å². The minimum Gasteiger partial charge on any atom is -0.462 e. The van der Waals surface area contributed by atoms with Crippen LogP contribution in [0.1, 0.15) is 38.8 Å². The number of nitriles is 1. The number of hydrogen-bond acceptors (Lipinski definition) is 5. The average Bonchev–Trinajstić information content (AvgIpc) is 3.35. The topological polar surface area (TPSA) is 84.1 Å². The molecule has 4 aromatic rings. The van der Waals surface area contributed by atoms with Gasteiger partial charge < -0.3 is 14.6 Å². The van der Waals surface area contributed by atoms with Crippen molar-refractivity contribution in [2.75, 3.05) is 11.9 Å². The van der Waals surface area contributed by atoms with Crippen LogP contribution in [0.25, 0.3) is 17.0 Å². The third-order valence-corrected chi connectivity index (χ3v) is 7.22. The monoisotopic (exact) mass is 517 g/mol. The Bertz CT molecular complexity index is 1520. The van der Waals surface area contributed by atoms with E-state index in [1.54, 1.807) is 13.0 Å². The van der Waals surface area contributed by atoms with Gasteiger partial charge in [-0.1, -0.05) is 41.9 Å². The number of aryl methyl sites for hydroxylation is 1. The summed E-state index contributed by atoms with van der Waals surface area (Å²) >= 11 is 7.30. The van der Waals surface area contributed by atoms with Crippen molar-refractivity contribution in [3.8, 4) is 6.07 Å². The van der Waals surface area contributed by atoms with Crippen LogP contribution in [0.5, 0.6) is 0 Å². The van der Waals surface area contributed by atoms with Crippen LogP contribution in [-0.2, 0) is 16.1 Å². The Balaban J connectivity index is 1.67. The zero-order chi connectivity index (χ0) is 25.8. The number of para-hydroxylation sites is 1. The largest absolute Gasteiger partial charge is 0.462 e. The molecule has 2 aromatic carbocycles. The van der Waals surface area contributed by atoms with Gasteiger partial charge >= 0.3 is 5.97 Å². The predicted molar refractivity (Wildman–Crippen MR) is 144 cm³/mol. The minimum atomic E-state index is -0.584. The first-order valence-corrected chi connectivity index (χ1v) is 12.5. The molecular formula is C28H24ClN3O3S. The maximum Gasteiger partial charge on any atom is 0.341 e. The number of nitrogens with zero attached hydrogens (tertiary/aromatic N) is 2. The van der Waals surface area contributed by atoms with Gasteiger partial charge in [-0.2, -0.15) is 5.26 Å². The summed E-state index contributed by atoms with van der Waals surface area (Å²) in [6, 6.07) is 17.5. The Hall–Kier alpha value is -3.86. The van der Waals surface area contributed by atoms with Gasteiger partial charge in [0, 0.05) is 39.1 Å². The molecule has 182 valence electrons. The first-order chi connectivity index (χ1) is 17.3. The summed E-state index contributed by atoms with van der Waals surface area (Å²) in [7, 11) is 0. The van der Waals surface area contributed by atoms with Gasteiger partial charge in [0.05, 0.1) is 12.2 Å². The molecule has 0 saturated carbocycles. The van der Waals surface area contributed by atoms with Gasteiger partial charge in [0.25, 0.3) is 5.91 Å². The lowest BCUT2D eigenvalue weighted by Gasteiger charge is -2.06. The molecule has 0 aliphatic carbocycles. The van der Waals surface area contributed by atoms with Crippen LogP contribution < -0.4 is 5.32 Å². The molecule has 0 bridgehead atoms. The van der Waals surface area contributed by atoms with Crippen molar-refractivity contribution >= 4 is 56.8 Å². The van der Waals surface area contributed by atoms with Gasteiger partial charge in [0.1, 0.15) is 16.6 Å². The molecule has 4 rings (SSSR count). The first kappa shape index (κ1) is 25.2. The molecule has 0 aliphatic rings. The molecule has 36 heavy (non-hydrogen) atoms. The molecule has 8 heteroatoms. The number of hydrogen-bond donors (Lipinski definition) is 1. The van der Waals surface area contributed by atoms with E-state index in [2.05, 4.69) is 9.88 Å². The lowest BCUT2D eigenvalue weighted by atomic mass is 10.1. The smallest absolute Gasteiger partial charge is 0.341 e. The number of rotatable bonds is 7. The number of fused-ring (bicyclic) bond motifs is 1. The summed E-state index contributed by atoms with van der Waals surface area (Å²) in [5, 5.41) is 14.5. The van der Waals surface area contributed by atoms with Crippen LogP contribution in [0.3, 0.4) is 0 Å². The molecule has 1 N–H and O–H groups in total. The summed E-state index contributed by atoms with van der Waals surface area (Å²) in [5.41, 5.74) is 3.80. The fourth-order valence-electron chi connectivity index (χ4n) is 3.95. The molecule has 2 aromatic heterocycles. The van der Waals surface area contributed by atoms with Gasteiger partial charge in [-0.15, -0.1) is 11.3 Å². The van der Waals surface area contributed by atoms with E-state index in [-0.39, 0.29) is 12.2 Å². The fraction of sp³-hybridized carbons (Fsp3) is 0.179. The molecule has 0 saturated heterocycles. The van der Waals surface area contributed by atoms with Crippen LogP contribution in [0.4, 0.5) is 5.00 Å². The maximum absolute atomic E-state index is 13.1. The number of ether oxygens (including phenoxy) is 1. The predicted octanol–water partition coefficient (Wildman–Crippen LogP) is 6.74. The number of nitrogens with one attached hydrogen (secondary N) is 1. The molecule has 0 aliphatic heterocycles. The van der Waals surface area contributed by atoms with Crippen LogP contribution in [0.15, 0.2) is 60.3 Å². The zero-order valence-electron chi connectivity index (χ0n) is 20.1. The second-order valence-electron chi connectivity index (χ2n) is 8.19. The maximum atomic E-state index is 13.1. The van der Waals surface area contributed by atoms with Gasteiger partial charge in [-0.25, -0.2) is 4.79 Å². The molecule has 0 spiro atoms. The van der Waals surface area contributed by atoms with Crippen molar-refractivity contribution in [2.24, 2.45) is 0 Å². The molecule has 0 fully saturated rings. The van der Waals surface area contributed by atoms with Crippen LogP contribution in [0.2, 0.25) is 5.02 Å². The number of thiophene rings is 1. The minimum absolute atomic E-state index is 0.0667. The number of esters is 1. The lowest BCUT2D eigenvalue weighted by molar-refractivity contribution is -0.112. The van der Waals surface area contributed by atoms with Crippen molar-refractivity contribution in [3.05, 3.63) is 92.5 Å². The standard InChI is InChI=1S/C28H24ClN3O3S/c1-4-35-28(34)25-17(2)18(3)36-27(25)31-26(33)20(14-30)13-21-16-32(24-8-6-5-7-23(21)24)15-19-9-11-22(29)12-10-19/h5-13,16H,4,15H2,1-3H3,(H,31,33)/b20-13+. The average molecular weight is 518 g/mol. The van der Waals surface area contributed by atoms with Crippen molar-refractivity contribution < 1.29 is 14.3 Å². The number of benzene rings is 2. The summed E-state index contributed by atoms with van der Waals surface area (Å²) in [4.78, 5) is 26.5. The second-order valence-corrected chi connectivity index (χ2v) is 9.85. The van der Waals surface area contributed by atoms with E-state index in [4.69, 9.17) is 16.3 Å². The number of halogens is 1. The van der Waals surface area contributed by atoms with Gasteiger partial charge in [0.15, 0.2) is 0 Å². The number of amides is 1. The third kappa shape index (κ3) is 5.20. The van der Waals surface area contributed by atoms with E-state index in [0.717, 1.165) is 32.5 Å². The fourth-order valence-corrected chi connectivity index (χ4v) is 5.12. The van der Waals surface area contributed by atoms with Crippen LogP contribution in [-0.4, -0.2) is 23.1 Å². The Morgan fingerprint density at radius 1 is 1.17 bits per heavy atom. The number of anilines is 1. The molecule has 1 amide bonds. The molecule has 6 nitrogen and oxygen atoms in total. The van der Waals surface area contributed by atoms with Gasteiger partial charge in [0.2, 0.25) is 0 Å². The van der Waals surface area contributed by atoms with Crippen molar-refractivity contribution in [1.82, 2.24) is 4.57 Å². The summed E-state index contributed by atoms with van der Waals surface area (Å²) in [6.45, 7) is 6.24. The van der Waals surface area contributed by atoms with Gasteiger partial charge in [-0.05, 0) is 56.2 Å². The highest BCUT2D eigenvalue weighted by atomic mass is 35.5. The van der Waals surface area contributed by atoms with E-state index in [1.807, 2.05) is 74.6 Å². The highest BCUT2D eigenvalue weighted by Crippen LogP contribution is 2.33. The van der Waals surface area contributed by atoms with E-state index < -0.39 is 11.9 Å². The van der Waals surface area contributed by atoms with Crippen LogP contribution in [0, 0.1) is 25.2 Å². The molecule has 0 atom stereocenters. The lowest BCUT2D eigenvalue weighted by Crippen LogP contribution is -2.16. The number of carbonyl (C=O) groups is 2. The molecule has 0 radical (unpaired) electrons. The molecule has 0 unspecified atom stereocenters. The molecular weight excluding hydrogens is 494 g/mol. The highest BCUT2D eigenvalue weighted by molar-refractivity contribution is 7.16. The van der Waals surface area contributed by atoms with Crippen molar-refractivity contribution in [2.45, 2.75) is 27.3 Å². The van der Waals surface area contributed by atoms with Crippen LogP contribution >= 0.6 is 22.9 Å². The highest BCUT2D eigenvalue weighted by Gasteiger charge is 2.23. The Kier molecular flexibility index (Phi) is 7.58. The van der Waals surface area contributed by atoms with Crippen molar-refractivity contribution in [3.63, 3.8) is 0 Å². The van der Waals surface area contributed by atoms with E-state index >= 15 is 0 Å².